The fourth-order valence-electron chi connectivity index (χ4n) is 7.11. The van der Waals surface area contributed by atoms with Gasteiger partial charge in [0.05, 0.1) is 11.0 Å². The number of nitrogens with zero attached hydrogens (tertiary/aromatic N) is 1. The number of halogens is 1. The van der Waals surface area contributed by atoms with E-state index in [1.807, 2.05) is 24.3 Å². The third-order valence-corrected chi connectivity index (χ3v) is 9.93. The van der Waals surface area contributed by atoms with Gasteiger partial charge in [0, 0.05) is 42.5 Å². The normalized spacial score (nSPS) is 12.0. The Labute approximate surface area is 272 Å². The first-order chi connectivity index (χ1) is 22.7. The quantitative estimate of drug-likeness (QED) is 0.190. The average Bonchev–Trinajstić information content (AvgIpc) is 3.77. The molecule has 0 aliphatic rings. The summed E-state index contributed by atoms with van der Waals surface area (Å²) in [6.07, 6.45) is 0. The summed E-state index contributed by atoms with van der Waals surface area (Å²) < 4.78 is 15.7. The lowest BCUT2D eigenvalue weighted by atomic mass is 9.98. The van der Waals surface area contributed by atoms with Gasteiger partial charge in [-0.2, -0.15) is 0 Å². The van der Waals surface area contributed by atoms with E-state index in [4.69, 9.17) is 8.83 Å². The van der Waals surface area contributed by atoms with Crippen LogP contribution in [0.25, 0.3) is 93.6 Å². The summed E-state index contributed by atoms with van der Waals surface area (Å²) in [5.41, 5.74) is 11.8. The van der Waals surface area contributed by atoms with Gasteiger partial charge in [-0.25, -0.2) is 0 Å². The summed E-state index contributed by atoms with van der Waals surface area (Å²) >= 11 is 3.74. The molecule has 0 N–H and O–H groups in total. The van der Waals surface area contributed by atoms with Gasteiger partial charge in [-0.15, -0.1) is 0 Å². The molecule has 3 nitrogen and oxygen atoms in total. The van der Waals surface area contributed by atoms with Crippen LogP contribution in [0.15, 0.2) is 159 Å². The van der Waals surface area contributed by atoms with Crippen molar-refractivity contribution in [2.45, 2.75) is 0 Å². The summed E-state index contributed by atoms with van der Waals surface area (Å²) in [5, 5.41) is 6.92. The number of fused-ring (bicyclic) bond motifs is 9. The third kappa shape index (κ3) is 3.77. The van der Waals surface area contributed by atoms with Crippen LogP contribution in [0.3, 0.4) is 0 Å². The van der Waals surface area contributed by atoms with E-state index in [9.17, 15) is 0 Å². The van der Waals surface area contributed by atoms with E-state index in [0.717, 1.165) is 59.6 Å². The van der Waals surface area contributed by atoms with Crippen molar-refractivity contribution in [3.05, 3.63) is 150 Å². The minimum absolute atomic E-state index is 0.886. The highest BCUT2D eigenvalue weighted by Gasteiger charge is 2.17. The molecule has 0 fully saturated rings. The van der Waals surface area contributed by atoms with Crippen LogP contribution in [-0.4, -0.2) is 4.57 Å². The van der Waals surface area contributed by atoms with E-state index in [1.54, 1.807) is 0 Å². The number of rotatable bonds is 3. The van der Waals surface area contributed by atoms with E-state index in [-0.39, 0.29) is 0 Å². The summed E-state index contributed by atoms with van der Waals surface area (Å²) in [5.74, 6) is 0. The number of hydrogen-bond acceptors (Lipinski definition) is 2. The molecule has 7 aromatic carbocycles. The molecule has 0 saturated carbocycles. The lowest BCUT2D eigenvalue weighted by molar-refractivity contribution is 0.668. The van der Waals surface area contributed by atoms with Crippen LogP contribution in [0.5, 0.6) is 0 Å². The lowest BCUT2D eigenvalue weighted by Crippen LogP contribution is -1.93. The van der Waals surface area contributed by atoms with Crippen molar-refractivity contribution in [1.29, 1.82) is 0 Å². The van der Waals surface area contributed by atoms with Crippen molar-refractivity contribution in [2.75, 3.05) is 0 Å². The van der Waals surface area contributed by atoms with Gasteiger partial charge in [0.1, 0.15) is 22.3 Å². The van der Waals surface area contributed by atoms with Crippen LogP contribution in [0.2, 0.25) is 0 Å². The molecule has 216 valence electrons. The topological polar surface area (TPSA) is 31.2 Å². The molecule has 4 heteroatoms. The van der Waals surface area contributed by atoms with Gasteiger partial charge in [-0.1, -0.05) is 82.7 Å². The highest BCUT2D eigenvalue weighted by molar-refractivity contribution is 9.10. The Bertz CT molecular complexity index is 2820. The van der Waals surface area contributed by atoms with Crippen molar-refractivity contribution >= 4 is 81.6 Å². The van der Waals surface area contributed by atoms with Crippen molar-refractivity contribution in [3.8, 4) is 27.9 Å². The molecule has 46 heavy (non-hydrogen) atoms. The second-order valence-electron chi connectivity index (χ2n) is 11.9. The molecule has 0 spiro atoms. The van der Waals surface area contributed by atoms with Gasteiger partial charge in [0.2, 0.25) is 0 Å². The second kappa shape index (κ2) is 9.71. The molecule has 3 heterocycles. The van der Waals surface area contributed by atoms with Crippen LogP contribution < -0.4 is 0 Å². The average molecular weight is 655 g/mol. The fraction of sp³-hybridized carbons (Fsp3) is 0. The molecule has 0 amide bonds. The summed E-state index contributed by atoms with van der Waals surface area (Å²) in [6.45, 7) is 0. The number of para-hydroxylation sites is 2. The monoisotopic (exact) mass is 653 g/mol. The first kappa shape index (κ1) is 25.7. The van der Waals surface area contributed by atoms with Gasteiger partial charge in [-0.05, 0) is 101 Å². The Balaban J connectivity index is 1.20. The molecule has 0 radical (unpaired) electrons. The third-order valence-electron chi connectivity index (χ3n) is 9.27. The first-order valence-corrected chi connectivity index (χ1v) is 16.2. The number of furan rings is 2. The molecule has 0 unspecified atom stereocenters. The van der Waals surface area contributed by atoms with E-state index in [0.29, 0.717) is 0 Å². The Morgan fingerprint density at radius 2 is 0.913 bits per heavy atom. The van der Waals surface area contributed by atoms with Gasteiger partial charge in [0.25, 0.3) is 0 Å². The Morgan fingerprint density at radius 3 is 1.63 bits per heavy atom. The van der Waals surface area contributed by atoms with Gasteiger partial charge in [-0.3, -0.25) is 0 Å². The minimum atomic E-state index is 0.886. The smallest absolute Gasteiger partial charge is 0.136 e. The van der Waals surface area contributed by atoms with Crippen molar-refractivity contribution in [2.24, 2.45) is 0 Å². The molecule has 10 aromatic rings. The first-order valence-electron chi connectivity index (χ1n) is 15.4. The predicted octanol–water partition coefficient (Wildman–Crippen LogP) is 12.7. The molecular formula is C42H24BrNO2. The van der Waals surface area contributed by atoms with Crippen LogP contribution in [-0.2, 0) is 0 Å². The molecule has 0 atom stereocenters. The Hall–Kier alpha value is -5.58. The van der Waals surface area contributed by atoms with E-state index >= 15 is 0 Å². The Morgan fingerprint density at radius 1 is 0.391 bits per heavy atom. The van der Waals surface area contributed by atoms with Gasteiger partial charge < -0.3 is 13.4 Å². The van der Waals surface area contributed by atoms with Crippen molar-refractivity contribution in [1.82, 2.24) is 4.57 Å². The maximum atomic E-state index is 6.17. The molecule has 10 rings (SSSR count). The highest BCUT2D eigenvalue weighted by atomic mass is 79.9. The maximum Gasteiger partial charge on any atom is 0.136 e. The zero-order chi connectivity index (χ0) is 30.4. The summed E-state index contributed by atoms with van der Waals surface area (Å²) in [4.78, 5) is 0. The number of hydrogen-bond donors (Lipinski definition) is 0. The summed E-state index contributed by atoms with van der Waals surface area (Å²) in [6, 6.07) is 51.6. The summed E-state index contributed by atoms with van der Waals surface area (Å²) in [7, 11) is 0. The van der Waals surface area contributed by atoms with Gasteiger partial charge >= 0.3 is 0 Å². The van der Waals surface area contributed by atoms with Crippen LogP contribution in [0, 0.1) is 0 Å². The van der Waals surface area contributed by atoms with Crippen LogP contribution in [0.4, 0.5) is 0 Å². The molecular weight excluding hydrogens is 630 g/mol. The molecule has 3 aromatic heterocycles. The number of aromatic nitrogens is 1. The lowest BCUT2D eigenvalue weighted by Gasteiger charge is -2.08. The standard InChI is InChI=1S/C42H24BrNO2/c43-35-10-6-12-41-42(35)34-24-28(16-20-40(34)46-41)26-14-18-37-32(22-26)31-21-25(13-17-36(31)44(37)29-7-2-1-3-8-29)27-15-19-39-33(23-27)30-9-4-5-11-38(30)45-39/h1-24H. The minimum Gasteiger partial charge on any atom is -0.456 e. The largest absolute Gasteiger partial charge is 0.456 e. The molecule has 0 bridgehead atoms. The fourth-order valence-corrected chi connectivity index (χ4v) is 7.67. The highest BCUT2D eigenvalue weighted by Crippen LogP contribution is 2.40. The van der Waals surface area contributed by atoms with E-state index in [1.165, 1.54) is 38.5 Å². The van der Waals surface area contributed by atoms with Crippen molar-refractivity contribution in [3.63, 3.8) is 0 Å². The molecule has 0 aliphatic heterocycles. The molecule has 0 aliphatic carbocycles. The van der Waals surface area contributed by atoms with E-state index < -0.39 is 0 Å². The Kier molecular flexibility index (Phi) is 5.43. The zero-order valence-electron chi connectivity index (χ0n) is 24.5. The SMILES string of the molecule is Brc1cccc2oc3ccc(-c4ccc5c(c4)c4cc(-c6ccc7oc8ccccc8c7c6)ccc4n5-c4ccccc4)cc3c12. The van der Waals surface area contributed by atoms with Gasteiger partial charge in [0.15, 0.2) is 0 Å². The van der Waals surface area contributed by atoms with Crippen LogP contribution >= 0.6 is 15.9 Å². The maximum absolute atomic E-state index is 6.17. The van der Waals surface area contributed by atoms with Crippen LogP contribution in [0.1, 0.15) is 0 Å². The van der Waals surface area contributed by atoms with Crippen molar-refractivity contribution < 1.29 is 8.83 Å². The molecule has 0 saturated heterocycles. The number of benzene rings is 7. The zero-order valence-corrected chi connectivity index (χ0v) is 26.1. The second-order valence-corrected chi connectivity index (χ2v) is 12.7. The van der Waals surface area contributed by atoms with E-state index in [2.05, 4.69) is 142 Å². The predicted molar refractivity (Wildman–Crippen MR) is 194 cm³/mol.